The highest BCUT2D eigenvalue weighted by Crippen LogP contribution is 2.11. The minimum Gasteiger partial charge on any atom is -0.347 e. The molecule has 0 aliphatic carbocycles. The topological polar surface area (TPSA) is 45.2 Å². The summed E-state index contributed by atoms with van der Waals surface area (Å²) in [5.41, 5.74) is 0.474. The lowest BCUT2D eigenvalue weighted by Crippen LogP contribution is -2.51. The van der Waals surface area contributed by atoms with E-state index in [1.165, 1.54) is 0 Å². The van der Waals surface area contributed by atoms with Crippen LogP contribution in [0.25, 0.3) is 0 Å². The van der Waals surface area contributed by atoms with Gasteiger partial charge in [-0.1, -0.05) is 0 Å². The van der Waals surface area contributed by atoms with Crippen molar-refractivity contribution in [2.24, 2.45) is 0 Å². The van der Waals surface area contributed by atoms with Crippen LogP contribution in [0.2, 0.25) is 0 Å². The van der Waals surface area contributed by atoms with Crippen molar-refractivity contribution in [3.63, 3.8) is 0 Å². The predicted molar refractivity (Wildman–Crippen MR) is 66.5 cm³/mol. The van der Waals surface area contributed by atoms with E-state index >= 15 is 0 Å². The largest absolute Gasteiger partial charge is 0.347 e. The number of hydrogen-bond acceptors (Lipinski definition) is 4. The highest BCUT2D eigenvalue weighted by atomic mass is 32.1. The monoisotopic (exact) mass is 241 g/mol. The van der Waals surface area contributed by atoms with Gasteiger partial charge in [0.25, 0.3) is 0 Å². The molecule has 16 heavy (non-hydrogen) atoms. The van der Waals surface area contributed by atoms with E-state index in [2.05, 4.69) is 10.3 Å². The van der Waals surface area contributed by atoms with Crippen molar-refractivity contribution < 1.29 is 4.79 Å². The minimum atomic E-state index is -0.553. The lowest BCUT2D eigenvalue weighted by Gasteiger charge is -2.27. The van der Waals surface area contributed by atoms with Crippen LogP contribution in [0.15, 0.2) is 5.38 Å². The summed E-state index contributed by atoms with van der Waals surface area (Å²) in [5.74, 6) is 0.0702. The van der Waals surface area contributed by atoms with E-state index in [4.69, 9.17) is 0 Å². The summed E-state index contributed by atoms with van der Waals surface area (Å²) in [6.45, 7) is 6.37. The summed E-state index contributed by atoms with van der Waals surface area (Å²) in [5, 5.41) is 6.25. The van der Waals surface area contributed by atoms with E-state index in [0.717, 1.165) is 10.7 Å². The number of carbonyl (C=O) groups excluding carboxylic acids is 1. The standard InChI is InChI=1S/C11H19N3OS/c1-8-7-16-9(13-8)6-12-11(2,3)10(15)14(4)5/h7,12H,6H2,1-5H3. The number of aromatic nitrogens is 1. The molecule has 0 aliphatic heterocycles. The maximum atomic E-state index is 11.8. The van der Waals surface area contributed by atoms with E-state index in [-0.39, 0.29) is 5.91 Å². The molecule has 1 heterocycles. The van der Waals surface area contributed by atoms with E-state index in [9.17, 15) is 4.79 Å². The van der Waals surface area contributed by atoms with Crippen LogP contribution in [0, 0.1) is 6.92 Å². The Hall–Kier alpha value is -0.940. The Kier molecular flexibility index (Phi) is 4.04. The molecule has 1 aromatic rings. The molecule has 0 aliphatic rings. The first kappa shape index (κ1) is 13.1. The van der Waals surface area contributed by atoms with Gasteiger partial charge in [0.1, 0.15) is 5.01 Å². The fourth-order valence-corrected chi connectivity index (χ4v) is 2.13. The number of nitrogens with zero attached hydrogens (tertiary/aromatic N) is 2. The van der Waals surface area contributed by atoms with Crippen LogP contribution < -0.4 is 5.32 Å². The average Bonchev–Trinajstić information content (AvgIpc) is 2.60. The van der Waals surface area contributed by atoms with Crippen molar-refractivity contribution in [3.05, 3.63) is 16.1 Å². The van der Waals surface area contributed by atoms with Crippen molar-refractivity contribution in [1.29, 1.82) is 0 Å². The Morgan fingerprint density at radius 3 is 2.62 bits per heavy atom. The first-order valence-corrected chi connectivity index (χ1v) is 6.08. The number of rotatable bonds is 4. The highest BCUT2D eigenvalue weighted by molar-refractivity contribution is 7.09. The van der Waals surface area contributed by atoms with Crippen molar-refractivity contribution in [2.45, 2.75) is 32.9 Å². The van der Waals surface area contributed by atoms with Crippen LogP contribution in [-0.4, -0.2) is 35.4 Å². The molecule has 1 N–H and O–H groups in total. The van der Waals surface area contributed by atoms with Crippen molar-refractivity contribution >= 4 is 17.2 Å². The molecular weight excluding hydrogens is 222 g/mol. The second kappa shape index (κ2) is 4.93. The maximum Gasteiger partial charge on any atom is 0.241 e. The first-order chi connectivity index (χ1) is 7.33. The van der Waals surface area contributed by atoms with E-state index < -0.39 is 5.54 Å². The van der Waals surface area contributed by atoms with Crippen molar-refractivity contribution in [1.82, 2.24) is 15.2 Å². The van der Waals surface area contributed by atoms with Gasteiger partial charge in [-0.05, 0) is 20.8 Å². The summed E-state index contributed by atoms with van der Waals surface area (Å²) in [6.07, 6.45) is 0. The molecule has 0 radical (unpaired) electrons. The van der Waals surface area contributed by atoms with E-state index in [0.29, 0.717) is 6.54 Å². The van der Waals surface area contributed by atoms with Gasteiger partial charge < -0.3 is 4.90 Å². The molecule has 90 valence electrons. The summed E-state index contributed by atoms with van der Waals surface area (Å²) < 4.78 is 0. The smallest absolute Gasteiger partial charge is 0.241 e. The molecule has 5 heteroatoms. The molecule has 0 saturated heterocycles. The number of hydrogen-bond donors (Lipinski definition) is 1. The van der Waals surface area contributed by atoms with Crippen LogP contribution in [0.1, 0.15) is 24.5 Å². The molecule has 1 amide bonds. The SMILES string of the molecule is Cc1csc(CNC(C)(C)C(=O)N(C)C)n1. The Morgan fingerprint density at radius 1 is 1.56 bits per heavy atom. The zero-order valence-corrected chi connectivity index (χ0v) is 11.3. The first-order valence-electron chi connectivity index (χ1n) is 5.20. The Bertz CT molecular complexity index is 371. The molecule has 0 saturated carbocycles. The fraction of sp³-hybridized carbons (Fsp3) is 0.636. The molecule has 0 aromatic carbocycles. The number of thiazole rings is 1. The van der Waals surface area contributed by atoms with Gasteiger partial charge in [0, 0.05) is 31.7 Å². The zero-order chi connectivity index (χ0) is 12.3. The third-order valence-corrected chi connectivity index (χ3v) is 3.26. The van der Waals surface area contributed by atoms with E-state index in [1.807, 2.05) is 26.2 Å². The summed E-state index contributed by atoms with van der Waals surface area (Å²) >= 11 is 1.61. The highest BCUT2D eigenvalue weighted by Gasteiger charge is 2.28. The Labute approximate surface area is 101 Å². The van der Waals surface area contributed by atoms with Gasteiger partial charge in [-0.2, -0.15) is 0 Å². The van der Waals surface area contributed by atoms with Crippen molar-refractivity contribution in [2.75, 3.05) is 14.1 Å². The predicted octanol–water partition coefficient (Wildman–Crippen LogP) is 1.41. The van der Waals surface area contributed by atoms with Crippen molar-refractivity contribution in [3.8, 4) is 0 Å². The number of carbonyl (C=O) groups is 1. The molecule has 1 rings (SSSR count). The van der Waals surface area contributed by atoms with Gasteiger partial charge in [0.05, 0.1) is 5.54 Å². The molecule has 1 aromatic heterocycles. The summed E-state index contributed by atoms with van der Waals surface area (Å²) in [6, 6.07) is 0. The summed E-state index contributed by atoms with van der Waals surface area (Å²) in [7, 11) is 3.53. The van der Waals surface area contributed by atoms with Gasteiger partial charge in [-0.3, -0.25) is 10.1 Å². The van der Waals surface area contributed by atoms with Crippen LogP contribution in [-0.2, 0) is 11.3 Å². The van der Waals surface area contributed by atoms with Gasteiger partial charge in [0.2, 0.25) is 5.91 Å². The molecule has 0 atom stereocenters. The average molecular weight is 241 g/mol. The van der Waals surface area contributed by atoms with Gasteiger partial charge in [-0.25, -0.2) is 4.98 Å². The number of aryl methyl sites for hydroxylation is 1. The molecule has 0 bridgehead atoms. The fourth-order valence-electron chi connectivity index (χ4n) is 1.42. The van der Waals surface area contributed by atoms with Crippen LogP contribution in [0.5, 0.6) is 0 Å². The zero-order valence-electron chi connectivity index (χ0n) is 10.5. The van der Waals surface area contributed by atoms with E-state index in [1.54, 1.807) is 30.3 Å². The Morgan fingerprint density at radius 2 is 2.19 bits per heavy atom. The third kappa shape index (κ3) is 3.28. The van der Waals surface area contributed by atoms with Gasteiger partial charge in [0.15, 0.2) is 0 Å². The molecular formula is C11H19N3OS. The number of likely N-dealkylation sites (N-methyl/N-ethyl adjacent to an activating group) is 1. The van der Waals surface area contributed by atoms with Crippen LogP contribution >= 0.6 is 11.3 Å². The van der Waals surface area contributed by atoms with Gasteiger partial charge in [-0.15, -0.1) is 11.3 Å². The molecule has 0 unspecified atom stereocenters. The third-order valence-electron chi connectivity index (χ3n) is 2.29. The maximum absolute atomic E-state index is 11.8. The van der Waals surface area contributed by atoms with Gasteiger partial charge >= 0.3 is 0 Å². The molecule has 4 nitrogen and oxygen atoms in total. The lowest BCUT2D eigenvalue weighted by molar-refractivity contribution is -0.134. The number of amides is 1. The lowest BCUT2D eigenvalue weighted by atomic mass is 10.0. The second-order valence-corrected chi connectivity index (χ2v) is 5.50. The van der Waals surface area contributed by atoms with Crippen LogP contribution in [0.3, 0.4) is 0 Å². The Balaban J connectivity index is 2.57. The quantitative estimate of drug-likeness (QED) is 0.867. The minimum absolute atomic E-state index is 0.0702. The summed E-state index contributed by atoms with van der Waals surface area (Å²) in [4.78, 5) is 17.8. The number of nitrogens with one attached hydrogen (secondary N) is 1. The van der Waals surface area contributed by atoms with Crippen LogP contribution in [0.4, 0.5) is 0 Å². The normalized spacial score (nSPS) is 11.6. The molecule has 0 spiro atoms. The molecule has 0 fully saturated rings. The second-order valence-electron chi connectivity index (χ2n) is 4.56.